The fourth-order valence-corrected chi connectivity index (χ4v) is 18.5. The molecule has 27 nitrogen and oxygen atoms in total. The maximum Gasteiger partial charge on any atom is 0.335 e. The molecule has 4 spiro atoms. The van der Waals surface area contributed by atoms with Crippen molar-refractivity contribution in [3.63, 3.8) is 0 Å². The van der Waals surface area contributed by atoms with Crippen molar-refractivity contribution in [1.29, 1.82) is 0 Å². The van der Waals surface area contributed by atoms with E-state index in [1.165, 1.54) is 18.9 Å². The standard InChI is InChI=1S/C23H25N3O4.C21H24N2O3.C20H23N3O3.C15H14N2O3.C5H11NO.C3H4O2/c1-2-21(28)25-17-12-30-11-16(17)10-20(27)15-5-4-14-8-19-22(29)24-13-23(6-3-7-23)26(19)18(14)9-15;1-13-10-26-11-16(13)9-19(24)15-4-3-14-7-18-20(25)22-12-21(5-2-6-21)23(18)17(14)8-15;21-15-10-26-9-14(15)8-18(24)13-3-2-12-6-17-19(25)22-11-20(4-1-5-20)23(17)16(12)7-13;18-13-12-6-9-2-3-10(14(19)20)7-11(9)17(12)15(8-16-13)4-1-5-15;1-4-2-7-3-5(4)6;1-2-3(4)5/h2,4-5,8-9,16-17H,1,3,6-7,10-13H2,(H,24,29)(H,25,28);3-4,7-8,13,16H,2,5-6,9-12H2,1H3,(H,22,25);2-3,6-7,14-15H,1,4-5,8-11,21H2,(H,22,25);2-3,6-7H,1,4-5,8H2,(H,16,18)(H,19,20);4-5H,2-3,6H2,1H3;2H,1H2,(H,4,5). The van der Waals surface area contributed by atoms with E-state index in [-0.39, 0.29) is 98.5 Å². The highest BCUT2D eigenvalue weighted by Crippen LogP contribution is 2.49. The van der Waals surface area contributed by atoms with Gasteiger partial charge < -0.3 is 85.5 Å². The number of aliphatic carboxylic acids is 1. The normalized spacial score (nSPS) is 24.8. The van der Waals surface area contributed by atoms with Gasteiger partial charge in [0.25, 0.3) is 23.6 Å². The van der Waals surface area contributed by atoms with E-state index in [1.54, 1.807) is 18.2 Å². The average molecular weight is 1560 g/mol. The van der Waals surface area contributed by atoms with Gasteiger partial charge in [0.05, 0.1) is 85.5 Å². The molecule has 4 saturated carbocycles. The van der Waals surface area contributed by atoms with E-state index >= 15 is 0 Å². The first-order chi connectivity index (χ1) is 54.8. The Labute approximate surface area is 659 Å². The summed E-state index contributed by atoms with van der Waals surface area (Å²) in [5.74, 6) is -0.726. The number of ketones is 3. The number of carbonyl (C=O) groups excluding carboxylic acids is 8. The predicted octanol–water partition coefficient (Wildman–Crippen LogP) is 9.28. The van der Waals surface area contributed by atoms with Gasteiger partial charge in [0.1, 0.15) is 22.8 Å². The number of nitrogens with zero attached hydrogens (tertiary/aromatic N) is 4. The van der Waals surface area contributed by atoms with E-state index in [1.807, 2.05) is 78.9 Å². The smallest absolute Gasteiger partial charge is 0.335 e. The number of nitrogens with one attached hydrogen (secondary N) is 5. The molecular formula is C87H101N11O16. The van der Waals surface area contributed by atoms with Crippen LogP contribution in [0.15, 0.2) is 122 Å². The Hall–Kier alpha value is -10.4. The van der Waals surface area contributed by atoms with Gasteiger partial charge in [-0.1, -0.05) is 69.5 Å². The number of aromatic carboxylic acids is 1. The highest BCUT2D eigenvalue weighted by Gasteiger charge is 2.49. The monoisotopic (exact) mass is 1560 g/mol. The Kier molecular flexibility index (Phi) is 22.2. The first-order valence-corrected chi connectivity index (χ1v) is 40.0. The van der Waals surface area contributed by atoms with Crippen LogP contribution in [0.3, 0.4) is 0 Å². The second kappa shape index (κ2) is 32.1. The maximum absolute atomic E-state index is 13.1. The number of benzene rings is 4. The minimum Gasteiger partial charge on any atom is -0.478 e. The topological polar surface area (TPSA) is 380 Å². The molecule has 8 aliphatic heterocycles. The molecule has 4 aromatic carbocycles. The van der Waals surface area contributed by atoms with E-state index in [2.05, 4.69) is 71.9 Å². The number of ether oxygens (including phenoxy) is 4. The molecule has 8 unspecified atom stereocenters. The Morgan fingerprint density at radius 1 is 0.430 bits per heavy atom. The quantitative estimate of drug-likeness (QED) is 0.0383. The number of Topliss-reactive ketones (excluding diaryl/α,β-unsaturated/α-hetero) is 3. The van der Waals surface area contributed by atoms with Crippen molar-refractivity contribution < 1.29 is 77.1 Å². The van der Waals surface area contributed by atoms with Crippen LogP contribution in [0.5, 0.6) is 0 Å². The zero-order chi connectivity index (χ0) is 80.1. The van der Waals surface area contributed by atoms with E-state index < -0.39 is 11.9 Å². The molecular weight excluding hydrogens is 1460 g/mol. The van der Waals surface area contributed by atoms with Crippen LogP contribution in [0.2, 0.25) is 0 Å². The molecule has 27 heteroatoms. The first kappa shape index (κ1) is 78.8. The summed E-state index contributed by atoms with van der Waals surface area (Å²) in [6.07, 6.45) is 16.4. The number of nitrogens with two attached hydrogens (primary N) is 2. The summed E-state index contributed by atoms with van der Waals surface area (Å²) in [4.78, 5) is 120. The van der Waals surface area contributed by atoms with Crippen molar-refractivity contribution >= 4 is 102 Å². The second-order valence-corrected chi connectivity index (χ2v) is 33.4. The lowest BCUT2D eigenvalue weighted by molar-refractivity contribution is -0.131. The summed E-state index contributed by atoms with van der Waals surface area (Å²) in [5.41, 5.74) is 20.4. The largest absolute Gasteiger partial charge is 0.478 e. The van der Waals surface area contributed by atoms with Gasteiger partial charge in [0.2, 0.25) is 5.91 Å². The molecule has 600 valence electrons. The maximum atomic E-state index is 13.1. The van der Waals surface area contributed by atoms with Crippen LogP contribution in [0.1, 0.15) is 194 Å². The van der Waals surface area contributed by atoms with Gasteiger partial charge in [-0.3, -0.25) is 38.4 Å². The lowest BCUT2D eigenvalue weighted by Crippen LogP contribution is -2.55. The van der Waals surface area contributed by atoms with Crippen LogP contribution in [0.25, 0.3) is 43.6 Å². The average Bonchev–Trinajstić information content (AvgIpc) is 1.54. The highest BCUT2D eigenvalue weighted by molar-refractivity contribution is 6.07. The number of fused-ring (bicyclic) bond motifs is 16. The number of amides is 5. The lowest BCUT2D eigenvalue weighted by atomic mass is 9.75. The number of aromatic nitrogens is 4. The Bertz CT molecular complexity index is 5040. The number of carbonyl (C=O) groups is 10. The third-order valence-electron chi connectivity index (χ3n) is 26.1. The molecule has 0 radical (unpaired) electrons. The van der Waals surface area contributed by atoms with Crippen LogP contribution < -0.4 is 38.1 Å². The van der Waals surface area contributed by atoms with Crippen LogP contribution in [-0.4, -0.2) is 184 Å². The summed E-state index contributed by atoms with van der Waals surface area (Å²) in [7, 11) is 0. The number of carboxylic acid groups (broad SMARTS) is 2. The molecule has 8 aromatic rings. The molecule has 12 heterocycles. The van der Waals surface area contributed by atoms with Crippen molar-refractivity contribution in [2.24, 2.45) is 41.1 Å². The zero-order valence-corrected chi connectivity index (χ0v) is 64.6. The van der Waals surface area contributed by atoms with Crippen molar-refractivity contribution in [3.8, 4) is 0 Å². The minimum atomic E-state index is -0.981. The molecule has 4 aliphatic carbocycles. The third kappa shape index (κ3) is 15.0. The molecule has 12 aliphatic rings. The molecule has 5 amide bonds. The van der Waals surface area contributed by atoms with E-state index in [0.29, 0.717) is 130 Å². The minimum absolute atomic E-state index is 0.000467. The molecule has 114 heavy (non-hydrogen) atoms. The van der Waals surface area contributed by atoms with Crippen LogP contribution >= 0.6 is 0 Å². The number of hydrogen-bond donors (Lipinski definition) is 9. The molecule has 8 atom stereocenters. The second-order valence-electron chi connectivity index (χ2n) is 33.4. The van der Waals surface area contributed by atoms with Gasteiger partial charge in [-0.05, 0) is 155 Å². The van der Waals surface area contributed by atoms with Gasteiger partial charge >= 0.3 is 11.9 Å². The van der Waals surface area contributed by atoms with Crippen LogP contribution in [0, 0.1) is 29.6 Å². The SMILES string of the molecule is C=CC(=O)NC1COCC1CC(=O)c1ccc2cc3n(c2c1)C1(CCC1)CNC3=O.C=CC(=O)O.CC1COCC1CC(=O)c1ccc2cc3n(c2c1)C1(CCC1)CNC3=O.CC1COCC1N.NC1COCC1CC(=O)c1ccc2cc3n(c2c1)C1(CCC1)CNC3=O.O=C(O)c1ccc2cc3n(c2c1)C1(CCC1)CNC3=O. The third-order valence-corrected chi connectivity index (χ3v) is 26.1. The molecule has 11 N–H and O–H groups in total. The van der Waals surface area contributed by atoms with Gasteiger partial charge in [-0.15, -0.1) is 0 Å². The Balaban J connectivity index is 0.000000115. The van der Waals surface area contributed by atoms with Gasteiger partial charge in [-0.2, -0.15) is 0 Å². The van der Waals surface area contributed by atoms with Gasteiger partial charge in [0.15, 0.2) is 17.3 Å². The fourth-order valence-electron chi connectivity index (χ4n) is 18.5. The summed E-state index contributed by atoms with van der Waals surface area (Å²) in [6.45, 7) is 18.3. The lowest BCUT2D eigenvalue weighted by Gasteiger charge is -2.47. The Morgan fingerprint density at radius 2 is 0.746 bits per heavy atom. The number of hydrogen-bond acceptors (Lipinski definition) is 16. The van der Waals surface area contributed by atoms with Crippen LogP contribution in [0.4, 0.5) is 0 Å². The summed E-state index contributed by atoms with van der Waals surface area (Å²) < 4.78 is 30.0. The number of rotatable bonds is 13. The van der Waals surface area contributed by atoms with Crippen molar-refractivity contribution in [2.45, 2.75) is 150 Å². The predicted molar refractivity (Wildman–Crippen MR) is 426 cm³/mol. The molecule has 8 fully saturated rings. The van der Waals surface area contributed by atoms with Crippen molar-refractivity contribution in [2.75, 3.05) is 79.0 Å². The summed E-state index contributed by atoms with van der Waals surface area (Å²) in [6, 6.07) is 30.1. The van der Waals surface area contributed by atoms with Gasteiger partial charge in [0, 0.05) is 137 Å². The molecule has 4 aromatic heterocycles. The van der Waals surface area contributed by atoms with E-state index in [0.717, 1.165) is 145 Å². The zero-order valence-electron chi connectivity index (χ0n) is 64.6. The molecule has 0 bridgehead atoms. The van der Waals surface area contributed by atoms with E-state index in [4.69, 9.17) is 40.6 Å². The first-order valence-electron chi connectivity index (χ1n) is 40.0. The summed E-state index contributed by atoms with van der Waals surface area (Å²) >= 11 is 0. The van der Waals surface area contributed by atoms with Crippen LogP contribution in [-0.2, 0) is 50.7 Å². The molecule has 4 saturated heterocycles. The Morgan fingerprint density at radius 3 is 1.04 bits per heavy atom. The molecule has 20 rings (SSSR count). The number of carboxylic acids is 2. The van der Waals surface area contributed by atoms with Crippen molar-refractivity contribution in [1.82, 2.24) is 44.9 Å². The van der Waals surface area contributed by atoms with E-state index in [9.17, 15) is 47.9 Å². The van der Waals surface area contributed by atoms with Gasteiger partial charge in [-0.25, -0.2) is 9.59 Å². The van der Waals surface area contributed by atoms with Crippen molar-refractivity contribution in [3.05, 3.63) is 167 Å². The fraction of sp³-hybridized carbons (Fsp3) is 0.471. The summed E-state index contributed by atoms with van der Waals surface area (Å²) in [5, 5.41) is 35.6. The highest BCUT2D eigenvalue weighted by atomic mass is 16.5.